The van der Waals surface area contributed by atoms with Crippen molar-refractivity contribution in [2.75, 3.05) is 12.3 Å². The summed E-state index contributed by atoms with van der Waals surface area (Å²) in [5.41, 5.74) is 8.01. The third-order valence-corrected chi connectivity index (χ3v) is 5.30. The standard InChI is InChI=1S/C9H11FN4O3S2/c10-19(17,9-5-2-1-3-6-9)14-18(15,16)8-4-7-12-13-11/h1-3,5-6H,4,7-8H2. The highest BCUT2D eigenvalue weighted by Gasteiger charge is 2.17. The Morgan fingerprint density at radius 2 is 1.84 bits per heavy atom. The van der Waals surface area contributed by atoms with E-state index >= 15 is 0 Å². The van der Waals surface area contributed by atoms with Gasteiger partial charge in [0.05, 0.1) is 10.6 Å². The lowest BCUT2D eigenvalue weighted by molar-refractivity contribution is 0.594. The Kier molecular flexibility index (Phi) is 5.28. The minimum atomic E-state index is -4.48. The summed E-state index contributed by atoms with van der Waals surface area (Å²) in [6.45, 7) is -0.0515. The largest absolute Gasteiger partial charge is 0.263 e. The van der Waals surface area contributed by atoms with E-state index < -0.39 is 25.9 Å². The fourth-order valence-corrected chi connectivity index (χ4v) is 3.97. The molecule has 104 valence electrons. The summed E-state index contributed by atoms with van der Waals surface area (Å²) in [4.78, 5) is 2.15. The van der Waals surface area contributed by atoms with E-state index in [1.165, 1.54) is 24.3 Å². The van der Waals surface area contributed by atoms with Gasteiger partial charge in [-0.2, -0.15) is 0 Å². The molecular formula is C9H11FN4O3S2. The Labute approximate surface area is 110 Å². The molecule has 0 spiro atoms. The van der Waals surface area contributed by atoms with Crippen LogP contribution >= 0.6 is 0 Å². The molecule has 0 aliphatic heterocycles. The molecule has 0 fully saturated rings. The number of azide groups is 1. The summed E-state index contributed by atoms with van der Waals surface area (Å²) < 4.78 is 51.1. The molecule has 0 saturated carbocycles. The van der Waals surface area contributed by atoms with E-state index in [4.69, 9.17) is 5.53 Å². The zero-order valence-corrected chi connectivity index (χ0v) is 11.3. The first-order valence-electron chi connectivity index (χ1n) is 5.14. The molecule has 1 atom stereocenters. The number of hydrogen-bond acceptors (Lipinski definition) is 4. The number of rotatable bonds is 6. The molecule has 0 bridgehead atoms. The maximum Gasteiger partial charge on any atom is 0.263 e. The van der Waals surface area contributed by atoms with Crippen LogP contribution in [0.5, 0.6) is 0 Å². The van der Waals surface area contributed by atoms with Crippen molar-refractivity contribution in [2.24, 2.45) is 8.88 Å². The Morgan fingerprint density at radius 1 is 1.21 bits per heavy atom. The minimum absolute atomic E-state index is 0.0137. The molecule has 0 heterocycles. The molecular weight excluding hydrogens is 295 g/mol. The Balaban J connectivity index is 2.94. The molecule has 0 saturated heterocycles. The van der Waals surface area contributed by atoms with E-state index in [0.717, 1.165) is 0 Å². The fraction of sp³-hybridized carbons (Fsp3) is 0.333. The summed E-state index contributed by atoms with van der Waals surface area (Å²) in [5.74, 6) is -0.528. The number of sulfonamides is 1. The van der Waals surface area contributed by atoms with Crippen LogP contribution in [0, 0.1) is 0 Å². The van der Waals surface area contributed by atoms with Crippen LogP contribution in [0.2, 0.25) is 0 Å². The van der Waals surface area contributed by atoms with Crippen LogP contribution in [0.15, 0.2) is 44.1 Å². The second-order valence-electron chi connectivity index (χ2n) is 3.44. The zero-order valence-electron chi connectivity index (χ0n) is 9.72. The smallest absolute Gasteiger partial charge is 0.210 e. The first-order chi connectivity index (χ1) is 8.87. The fourth-order valence-electron chi connectivity index (χ4n) is 1.18. The maximum atomic E-state index is 13.8. The molecule has 0 N–H and O–H groups in total. The van der Waals surface area contributed by atoms with Crippen LogP contribution in [0.3, 0.4) is 0 Å². The second kappa shape index (κ2) is 6.50. The molecule has 1 unspecified atom stereocenters. The molecule has 0 radical (unpaired) electrons. The molecule has 1 rings (SSSR count). The van der Waals surface area contributed by atoms with Crippen molar-refractivity contribution in [3.8, 4) is 0 Å². The quantitative estimate of drug-likeness (QED) is 0.264. The first-order valence-corrected chi connectivity index (χ1v) is 8.16. The van der Waals surface area contributed by atoms with Crippen LogP contribution in [0.4, 0.5) is 3.89 Å². The van der Waals surface area contributed by atoms with Gasteiger partial charge in [0.15, 0.2) is 0 Å². The van der Waals surface area contributed by atoms with Gasteiger partial charge in [-0.15, -0.1) is 3.89 Å². The highest BCUT2D eigenvalue weighted by Crippen LogP contribution is 2.16. The summed E-state index contributed by atoms with van der Waals surface area (Å²) in [6, 6.07) is 6.83. The van der Waals surface area contributed by atoms with E-state index in [-0.39, 0.29) is 17.9 Å². The Bertz CT molecular complexity index is 689. The molecule has 10 heteroatoms. The number of nitrogens with zero attached hydrogens (tertiary/aromatic N) is 4. The van der Waals surface area contributed by atoms with Crippen molar-refractivity contribution in [1.29, 1.82) is 0 Å². The SMILES string of the molecule is [N-]=[N+]=NCCCS(=O)(=O)N=S(=O)(F)c1ccccc1. The summed E-state index contributed by atoms with van der Waals surface area (Å²) in [5, 5.41) is 3.14. The van der Waals surface area contributed by atoms with Crippen molar-refractivity contribution in [3.05, 3.63) is 40.8 Å². The van der Waals surface area contributed by atoms with Crippen molar-refractivity contribution in [3.63, 3.8) is 0 Å². The van der Waals surface area contributed by atoms with E-state index in [0.29, 0.717) is 0 Å². The molecule has 1 aromatic rings. The molecule has 0 aromatic heterocycles. The molecule has 0 aliphatic carbocycles. The molecule has 1 aromatic carbocycles. The highest BCUT2D eigenvalue weighted by atomic mass is 32.3. The highest BCUT2D eigenvalue weighted by molar-refractivity contribution is 8.00. The van der Waals surface area contributed by atoms with Gasteiger partial charge in [0.25, 0.3) is 10.0 Å². The van der Waals surface area contributed by atoms with Crippen LogP contribution in [-0.4, -0.2) is 24.9 Å². The lowest BCUT2D eigenvalue weighted by Crippen LogP contribution is -2.06. The van der Waals surface area contributed by atoms with Crippen molar-refractivity contribution in [1.82, 2.24) is 0 Å². The third-order valence-electron chi connectivity index (χ3n) is 1.97. The Morgan fingerprint density at radius 3 is 2.42 bits per heavy atom. The van der Waals surface area contributed by atoms with Crippen molar-refractivity contribution < 1.29 is 16.5 Å². The number of halogens is 1. The van der Waals surface area contributed by atoms with E-state index in [9.17, 15) is 16.5 Å². The van der Waals surface area contributed by atoms with Gasteiger partial charge in [-0.3, -0.25) is 0 Å². The van der Waals surface area contributed by atoms with Gasteiger partial charge in [0.2, 0.25) is 10.1 Å². The van der Waals surface area contributed by atoms with E-state index in [1.54, 1.807) is 6.07 Å². The summed E-state index contributed by atoms with van der Waals surface area (Å²) >= 11 is 0. The van der Waals surface area contributed by atoms with Gasteiger partial charge in [-0.05, 0) is 24.1 Å². The maximum absolute atomic E-state index is 13.8. The van der Waals surface area contributed by atoms with Crippen molar-refractivity contribution >= 4 is 20.1 Å². The van der Waals surface area contributed by atoms with Crippen LogP contribution in [-0.2, 0) is 20.1 Å². The Hall–Kier alpha value is -1.64. The lowest BCUT2D eigenvalue weighted by Gasteiger charge is -2.00. The topological polar surface area (TPSA) is 112 Å². The van der Waals surface area contributed by atoms with E-state index in [2.05, 4.69) is 13.8 Å². The summed E-state index contributed by atoms with van der Waals surface area (Å²) in [6.07, 6.45) is -0.0137. The molecule has 0 aliphatic rings. The predicted molar refractivity (Wildman–Crippen MR) is 68.8 cm³/mol. The van der Waals surface area contributed by atoms with E-state index in [1.807, 2.05) is 0 Å². The van der Waals surface area contributed by atoms with Gasteiger partial charge < -0.3 is 0 Å². The third kappa shape index (κ3) is 5.25. The van der Waals surface area contributed by atoms with Gasteiger partial charge in [-0.1, -0.05) is 27.1 Å². The molecule has 7 nitrogen and oxygen atoms in total. The molecule has 0 amide bonds. The minimum Gasteiger partial charge on any atom is -0.210 e. The number of benzene rings is 1. The average molecular weight is 306 g/mol. The average Bonchev–Trinajstić information content (AvgIpc) is 2.35. The van der Waals surface area contributed by atoms with Crippen LogP contribution < -0.4 is 0 Å². The van der Waals surface area contributed by atoms with Crippen LogP contribution in [0.1, 0.15) is 6.42 Å². The summed E-state index contributed by atoms with van der Waals surface area (Å²) in [7, 11) is -8.65. The van der Waals surface area contributed by atoms with Crippen molar-refractivity contribution in [2.45, 2.75) is 11.3 Å². The van der Waals surface area contributed by atoms with Gasteiger partial charge in [0, 0.05) is 11.5 Å². The monoisotopic (exact) mass is 306 g/mol. The normalized spacial score (nSPS) is 14.2. The lowest BCUT2D eigenvalue weighted by atomic mass is 10.4. The number of hydrogen-bond donors (Lipinski definition) is 0. The first kappa shape index (κ1) is 15.4. The van der Waals surface area contributed by atoms with Gasteiger partial charge in [-0.25, -0.2) is 12.6 Å². The van der Waals surface area contributed by atoms with Crippen LogP contribution in [0.25, 0.3) is 10.4 Å². The predicted octanol–water partition coefficient (Wildman–Crippen LogP) is 2.43. The van der Waals surface area contributed by atoms with Gasteiger partial charge >= 0.3 is 0 Å². The van der Waals surface area contributed by atoms with Gasteiger partial charge in [0.1, 0.15) is 0 Å². The second-order valence-corrected chi connectivity index (χ2v) is 7.00. The zero-order chi connectivity index (χ0) is 14.4. The molecule has 19 heavy (non-hydrogen) atoms.